The maximum absolute atomic E-state index is 11.0. The number of hydrogen-bond acceptors (Lipinski definition) is 3. The molecule has 0 bridgehead atoms. The average Bonchev–Trinajstić information content (AvgIpc) is 2.51. The molecule has 0 saturated carbocycles. The number of carboxylic acid groups (broad SMARTS) is 1. The van der Waals surface area contributed by atoms with Crippen LogP contribution in [0.15, 0.2) is 12.3 Å². The van der Waals surface area contributed by atoms with Gasteiger partial charge < -0.3 is 15.2 Å². The summed E-state index contributed by atoms with van der Waals surface area (Å²) in [5, 5.41) is 10.5. The number of nitrogens with one attached hydrogen (secondary N) is 1. The van der Waals surface area contributed by atoms with Crippen molar-refractivity contribution >= 4 is 11.9 Å². The van der Waals surface area contributed by atoms with E-state index in [0.717, 1.165) is 0 Å². The van der Waals surface area contributed by atoms with Gasteiger partial charge in [-0.2, -0.15) is 0 Å². The minimum Gasteiger partial charge on any atom is -0.488 e. The van der Waals surface area contributed by atoms with E-state index in [2.05, 4.69) is 5.32 Å². The Morgan fingerprint density at radius 2 is 2.42 bits per heavy atom. The van der Waals surface area contributed by atoms with Crippen molar-refractivity contribution in [1.29, 1.82) is 0 Å². The topological polar surface area (TPSA) is 75.6 Å². The normalized spacial score (nSPS) is 20.2. The lowest BCUT2D eigenvalue weighted by Gasteiger charge is -2.08. The van der Waals surface area contributed by atoms with Crippen molar-refractivity contribution in [2.24, 2.45) is 0 Å². The SMILES string of the molecule is O=C(O)CNC(=O)C1CC=CO1. The summed E-state index contributed by atoms with van der Waals surface area (Å²) in [6.45, 7) is -0.362. The zero-order valence-corrected chi connectivity index (χ0v) is 6.32. The summed E-state index contributed by atoms with van der Waals surface area (Å²) in [6.07, 6.45) is 3.10. The van der Waals surface area contributed by atoms with Gasteiger partial charge in [0.1, 0.15) is 6.54 Å². The molecule has 0 aromatic rings. The zero-order chi connectivity index (χ0) is 8.97. The van der Waals surface area contributed by atoms with Crippen molar-refractivity contribution in [3.63, 3.8) is 0 Å². The van der Waals surface area contributed by atoms with Crippen molar-refractivity contribution in [3.8, 4) is 0 Å². The van der Waals surface area contributed by atoms with Crippen molar-refractivity contribution in [3.05, 3.63) is 12.3 Å². The lowest BCUT2D eigenvalue weighted by atomic mass is 10.2. The minimum absolute atomic E-state index is 0.362. The Hall–Kier alpha value is -1.52. The van der Waals surface area contributed by atoms with Gasteiger partial charge in [-0.05, 0) is 6.08 Å². The Bertz CT molecular complexity index is 215. The molecule has 5 heteroatoms. The number of hydrogen-bond donors (Lipinski definition) is 2. The van der Waals surface area contributed by atoms with Gasteiger partial charge in [0.25, 0.3) is 5.91 Å². The van der Waals surface area contributed by atoms with E-state index in [1.807, 2.05) is 0 Å². The second-order valence-corrected chi connectivity index (χ2v) is 2.34. The van der Waals surface area contributed by atoms with E-state index in [1.54, 1.807) is 6.08 Å². The smallest absolute Gasteiger partial charge is 0.322 e. The van der Waals surface area contributed by atoms with E-state index >= 15 is 0 Å². The van der Waals surface area contributed by atoms with Crippen LogP contribution in [0.5, 0.6) is 0 Å². The van der Waals surface area contributed by atoms with Crippen molar-refractivity contribution in [1.82, 2.24) is 5.32 Å². The molecule has 12 heavy (non-hydrogen) atoms. The fourth-order valence-electron chi connectivity index (χ4n) is 0.831. The molecule has 0 radical (unpaired) electrons. The van der Waals surface area contributed by atoms with Crippen molar-refractivity contribution < 1.29 is 19.4 Å². The summed E-state index contributed by atoms with van der Waals surface area (Å²) in [5.74, 6) is -1.45. The third-order valence-corrected chi connectivity index (χ3v) is 1.40. The van der Waals surface area contributed by atoms with Crippen LogP contribution in [0.2, 0.25) is 0 Å². The maximum Gasteiger partial charge on any atom is 0.322 e. The molecule has 0 spiro atoms. The van der Waals surface area contributed by atoms with Crippen LogP contribution in [0.25, 0.3) is 0 Å². The van der Waals surface area contributed by atoms with Gasteiger partial charge in [0, 0.05) is 6.42 Å². The Balaban J connectivity index is 2.24. The molecule has 0 aliphatic carbocycles. The zero-order valence-electron chi connectivity index (χ0n) is 6.32. The number of amides is 1. The van der Waals surface area contributed by atoms with Crippen LogP contribution >= 0.6 is 0 Å². The van der Waals surface area contributed by atoms with Gasteiger partial charge in [-0.1, -0.05) is 0 Å². The average molecular weight is 171 g/mol. The molecule has 66 valence electrons. The number of aliphatic carboxylic acids is 1. The molecular formula is C7H9NO4. The summed E-state index contributed by atoms with van der Waals surface area (Å²) in [5.41, 5.74) is 0. The summed E-state index contributed by atoms with van der Waals surface area (Å²) in [4.78, 5) is 21.1. The van der Waals surface area contributed by atoms with E-state index in [9.17, 15) is 9.59 Å². The van der Waals surface area contributed by atoms with Gasteiger partial charge in [0.05, 0.1) is 6.26 Å². The monoisotopic (exact) mass is 171 g/mol. The number of carbonyl (C=O) groups excluding carboxylic acids is 1. The molecule has 0 saturated heterocycles. The second-order valence-electron chi connectivity index (χ2n) is 2.34. The number of carbonyl (C=O) groups is 2. The molecule has 1 amide bonds. The highest BCUT2D eigenvalue weighted by Crippen LogP contribution is 2.07. The Kier molecular flexibility index (Phi) is 2.68. The van der Waals surface area contributed by atoms with Gasteiger partial charge in [-0.25, -0.2) is 0 Å². The fraction of sp³-hybridized carbons (Fsp3) is 0.429. The predicted molar refractivity (Wildman–Crippen MR) is 39.3 cm³/mol. The van der Waals surface area contributed by atoms with Gasteiger partial charge in [-0.3, -0.25) is 9.59 Å². The molecule has 0 aromatic carbocycles. The van der Waals surface area contributed by atoms with E-state index in [1.165, 1.54) is 6.26 Å². The van der Waals surface area contributed by atoms with Crippen LogP contribution in [0.3, 0.4) is 0 Å². The minimum atomic E-state index is -1.06. The third-order valence-electron chi connectivity index (χ3n) is 1.40. The van der Waals surface area contributed by atoms with Crippen LogP contribution in [0.4, 0.5) is 0 Å². The van der Waals surface area contributed by atoms with E-state index in [4.69, 9.17) is 9.84 Å². The van der Waals surface area contributed by atoms with E-state index in [-0.39, 0.29) is 12.5 Å². The quantitative estimate of drug-likeness (QED) is 0.599. The molecule has 2 N–H and O–H groups in total. The molecule has 0 aromatic heterocycles. The standard InChI is InChI=1S/C7H9NO4/c9-6(10)4-8-7(11)5-2-1-3-12-5/h1,3,5H,2,4H2,(H,8,11)(H,9,10). The molecule has 5 nitrogen and oxygen atoms in total. The number of rotatable bonds is 3. The Morgan fingerprint density at radius 1 is 1.67 bits per heavy atom. The largest absolute Gasteiger partial charge is 0.488 e. The lowest BCUT2D eigenvalue weighted by Crippen LogP contribution is -2.37. The third kappa shape index (κ3) is 2.26. The molecule has 1 aliphatic rings. The van der Waals surface area contributed by atoms with E-state index in [0.29, 0.717) is 6.42 Å². The highest BCUT2D eigenvalue weighted by molar-refractivity contribution is 5.84. The predicted octanol–water partition coefficient (Wildman–Crippen LogP) is -0.510. The van der Waals surface area contributed by atoms with Crippen LogP contribution < -0.4 is 5.32 Å². The molecule has 0 fully saturated rings. The molecule has 1 aliphatic heterocycles. The first-order chi connectivity index (χ1) is 5.70. The van der Waals surface area contributed by atoms with E-state index < -0.39 is 12.1 Å². The van der Waals surface area contributed by atoms with Crippen LogP contribution in [-0.2, 0) is 14.3 Å². The maximum atomic E-state index is 11.0. The molecule has 1 rings (SSSR count). The summed E-state index contributed by atoms with van der Waals surface area (Å²) in [6, 6.07) is 0. The molecular weight excluding hydrogens is 162 g/mol. The summed E-state index contributed by atoms with van der Waals surface area (Å²) in [7, 11) is 0. The fourth-order valence-corrected chi connectivity index (χ4v) is 0.831. The molecule has 1 heterocycles. The van der Waals surface area contributed by atoms with Crippen LogP contribution in [-0.4, -0.2) is 29.6 Å². The summed E-state index contributed by atoms with van der Waals surface area (Å²) >= 11 is 0. The molecule has 1 unspecified atom stereocenters. The lowest BCUT2D eigenvalue weighted by molar-refractivity contribution is -0.139. The Morgan fingerprint density at radius 3 is 2.92 bits per heavy atom. The summed E-state index contributed by atoms with van der Waals surface area (Å²) < 4.78 is 4.86. The molecule has 1 atom stereocenters. The number of ether oxygens (including phenoxy) is 1. The highest BCUT2D eigenvalue weighted by atomic mass is 16.5. The number of carboxylic acids is 1. The van der Waals surface area contributed by atoms with Gasteiger partial charge >= 0.3 is 5.97 Å². The van der Waals surface area contributed by atoms with Crippen molar-refractivity contribution in [2.45, 2.75) is 12.5 Å². The Labute approximate surface area is 69.0 Å². The van der Waals surface area contributed by atoms with Crippen LogP contribution in [0.1, 0.15) is 6.42 Å². The second kappa shape index (κ2) is 3.75. The van der Waals surface area contributed by atoms with Crippen LogP contribution in [0, 0.1) is 0 Å². The first-order valence-corrected chi connectivity index (χ1v) is 3.50. The first kappa shape index (κ1) is 8.58. The van der Waals surface area contributed by atoms with Gasteiger partial charge in [0.15, 0.2) is 6.10 Å². The highest BCUT2D eigenvalue weighted by Gasteiger charge is 2.20. The van der Waals surface area contributed by atoms with Gasteiger partial charge in [0.2, 0.25) is 0 Å². The first-order valence-electron chi connectivity index (χ1n) is 3.50. The van der Waals surface area contributed by atoms with Gasteiger partial charge in [-0.15, -0.1) is 0 Å². The van der Waals surface area contributed by atoms with Crippen molar-refractivity contribution in [2.75, 3.05) is 6.54 Å².